The highest BCUT2D eigenvalue weighted by Crippen LogP contribution is 2.32. The molecule has 2 aromatic rings. The van der Waals surface area contributed by atoms with Gasteiger partial charge in [-0.25, -0.2) is 0 Å². The van der Waals surface area contributed by atoms with E-state index < -0.39 is 6.10 Å². The van der Waals surface area contributed by atoms with Crippen molar-refractivity contribution in [3.05, 3.63) is 30.0 Å². The Bertz CT molecular complexity index is 703. The molecular formula is C16H17NO4. The van der Waals surface area contributed by atoms with Crippen molar-refractivity contribution < 1.29 is 18.7 Å². The monoisotopic (exact) mass is 287 g/mol. The Labute approximate surface area is 122 Å². The second kappa shape index (κ2) is 5.33. The Morgan fingerprint density at radius 1 is 1.24 bits per heavy atom. The molecule has 21 heavy (non-hydrogen) atoms. The summed E-state index contributed by atoms with van der Waals surface area (Å²) in [5.41, 5.74) is 1.02. The van der Waals surface area contributed by atoms with Crippen LogP contribution in [0.15, 0.2) is 28.7 Å². The van der Waals surface area contributed by atoms with Crippen molar-refractivity contribution in [2.24, 2.45) is 0 Å². The first-order valence-electron chi connectivity index (χ1n) is 7.05. The number of Topliss-reactive ketones (excluding diaryl/α,β-unsaturated/α-hetero) is 1. The van der Waals surface area contributed by atoms with Crippen LogP contribution in [0.1, 0.15) is 37.2 Å². The van der Waals surface area contributed by atoms with Crippen LogP contribution >= 0.6 is 0 Å². The molecule has 2 atom stereocenters. The highest BCUT2D eigenvalue weighted by Gasteiger charge is 2.30. The molecule has 1 aliphatic rings. The van der Waals surface area contributed by atoms with Gasteiger partial charge in [-0.2, -0.15) is 0 Å². The fraction of sp³-hybridized carbons (Fsp3) is 0.375. The normalized spacial score (nSPS) is 21.6. The third kappa shape index (κ3) is 2.56. The summed E-state index contributed by atoms with van der Waals surface area (Å²) in [4.78, 5) is 24.0. The number of para-hydroxylation sites is 1. The fourth-order valence-electron chi connectivity index (χ4n) is 2.62. The Hall–Kier alpha value is -2.14. The summed E-state index contributed by atoms with van der Waals surface area (Å²) < 4.78 is 11.1. The first-order chi connectivity index (χ1) is 10.1. The van der Waals surface area contributed by atoms with Crippen LogP contribution in [0.2, 0.25) is 0 Å². The number of hydrogen-bond donors (Lipinski definition) is 1. The van der Waals surface area contributed by atoms with Gasteiger partial charge in [0, 0.05) is 12.3 Å². The molecule has 0 radical (unpaired) electrons. The van der Waals surface area contributed by atoms with Gasteiger partial charge in [-0.3, -0.25) is 9.59 Å². The Morgan fingerprint density at radius 3 is 2.67 bits per heavy atom. The van der Waals surface area contributed by atoms with Gasteiger partial charge in [0.2, 0.25) is 0 Å². The van der Waals surface area contributed by atoms with E-state index in [4.69, 9.17) is 9.15 Å². The van der Waals surface area contributed by atoms with Gasteiger partial charge in [-0.15, -0.1) is 0 Å². The molecule has 110 valence electrons. The van der Waals surface area contributed by atoms with Gasteiger partial charge in [0.25, 0.3) is 5.91 Å². The van der Waals surface area contributed by atoms with Gasteiger partial charge in [0.1, 0.15) is 11.7 Å². The lowest BCUT2D eigenvalue weighted by molar-refractivity contribution is -0.126. The van der Waals surface area contributed by atoms with E-state index in [9.17, 15) is 9.59 Å². The average molecular weight is 287 g/mol. The molecule has 2 heterocycles. The lowest BCUT2D eigenvalue weighted by Crippen LogP contribution is -2.28. The van der Waals surface area contributed by atoms with Crippen molar-refractivity contribution in [2.75, 3.05) is 5.32 Å². The van der Waals surface area contributed by atoms with Crippen molar-refractivity contribution in [3.63, 3.8) is 0 Å². The number of carbonyl (C=O) groups excluding carboxylic acids is 2. The molecule has 0 saturated carbocycles. The number of benzene rings is 1. The summed E-state index contributed by atoms with van der Waals surface area (Å²) in [5, 5.41) is 3.52. The van der Waals surface area contributed by atoms with E-state index in [0.717, 1.165) is 11.8 Å². The SMILES string of the molecule is CC(=O)c1oc2ccccc2c1NC(=O)[C@H]1CC[C@H](C)O1. The van der Waals surface area contributed by atoms with Gasteiger partial charge < -0.3 is 14.5 Å². The van der Waals surface area contributed by atoms with E-state index in [-0.39, 0.29) is 23.6 Å². The minimum absolute atomic E-state index is 0.0918. The zero-order valence-corrected chi connectivity index (χ0v) is 12.0. The molecule has 0 unspecified atom stereocenters. The molecule has 1 aromatic carbocycles. The summed E-state index contributed by atoms with van der Waals surface area (Å²) in [6.45, 7) is 3.36. The summed E-state index contributed by atoms with van der Waals surface area (Å²) in [7, 11) is 0. The van der Waals surface area contributed by atoms with E-state index in [0.29, 0.717) is 17.7 Å². The van der Waals surface area contributed by atoms with Crippen molar-refractivity contribution in [1.82, 2.24) is 0 Å². The Balaban J connectivity index is 1.93. The maximum Gasteiger partial charge on any atom is 0.253 e. The van der Waals surface area contributed by atoms with Crippen LogP contribution in [0.3, 0.4) is 0 Å². The summed E-state index contributed by atoms with van der Waals surface area (Å²) in [6.07, 6.45) is 1.18. The fourth-order valence-corrected chi connectivity index (χ4v) is 2.62. The topological polar surface area (TPSA) is 68.5 Å². The Kier molecular flexibility index (Phi) is 3.51. The van der Waals surface area contributed by atoms with Crippen LogP contribution in [-0.4, -0.2) is 23.9 Å². The molecule has 0 spiro atoms. The highest BCUT2D eigenvalue weighted by molar-refractivity contribution is 6.11. The number of rotatable bonds is 3. The van der Waals surface area contributed by atoms with Gasteiger partial charge >= 0.3 is 0 Å². The minimum atomic E-state index is -0.464. The van der Waals surface area contributed by atoms with Crippen LogP contribution in [-0.2, 0) is 9.53 Å². The summed E-state index contributed by atoms with van der Waals surface area (Å²) in [5.74, 6) is -0.272. The maximum atomic E-state index is 12.3. The van der Waals surface area contributed by atoms with Crippen molar-refractivity contribution >= 4 is 28.3 Å². The number of furan rings is 1. The predicted molar refractivity (Wildman–Crippen MR) is 78.4 cm³/mol. The predicted octanol–water partition coefficient (Wildman–Crippen LogP) is 3.14. The van der Waals surface area contributed by atoms with Crippen molar-refractivity contribution in [3.8, 4) is 0 Å². The number of ketones is 1. The van der Waals surface area contributed by atoms with Crippen LogP contribution < -0.4 is 5.32 Å². The standard InChI is InChI=1S/C16H17NO4/c1-9-7-8-13(20-9)16(19)17-14-11-5-3-4-6-12(11)21-15(14)10(2)18/h3-6,9,13H,7-8H2,1-2H3,(H,17,19)/t9-,13+/m0/s1. The maximum absolute atomic E-state index is 12.3. The first kappa shape index (κ1) is 13.8. The summed E-state index contributed by atoms with van der Waals surface area (Å²) in [6, 6.07) is 7.25. The third-order valence-electron chi connectivity index (χ3n) is 3.69. The molecule has 1 aliphatic heterocycles. The van der Waals surface area contributed by atoms with Crippen molar-refractivity contribution in [1.29, 1.82) is 0 Å². The number of carbonyl (C=O) groups is 2. The molecule has 1 saturated heterocycles. The second-order valence-electron chi connectivity index (χ2n) is 5.36. The molecule has 1 fully saturated rings. The molecule has 5 nitrogen and oxygen atoms in total. The van der Waals surface area contributed by atoms with Crippen LogP contribution in [0.4, 0.5) is 5.69 Å². The molecule has 0 bridgehead atoms. The highest BCUT2D eigenvalue weighted by atomic mass is 16.5. The summed E-state index contributed by atoms with van der Waals surface area (Å²) >= 11 is 0. The zero-order valence-electron chi connectivity index (χ0n) is 12.0. The third-order valence-corrected chi connectivity index (χ3v) is 3.69. The largest absolute Gasteiger partial charge is 0.451 e. The van der Waals surface area contributed by atoms with Crippen LogP contribution in [0.5, 0.6) is 0 Å². The van der Waals surface area contributed by atoms with Crippen molar-refractivity contribution in [2.45, 2.75) is 38.9 Å². The average Bonchev–Trinajstić information content (AvgIpc) is 3.03. The molecule has 1 aromatic heterocycles. The van der Waals surface area contributed by atoms with E-state index in [1.54, 1.807) is 6.07 Å². The van der Waals surface area contributed by atoms with Crippen LogP contribution in [0, 0.1) is 0 Å². The van der Waals surface area contributed by atoms with Gasteiger partial charge in [-0.1, -0.05) is 12.1 Å². The number of amides is 1. The van der Waals surface area contributed by atoms with E-state index in [2.05, 4.69) is 5.32 Å². The van der Waals surface area contributed by atoms with Crippen LogP contribution in [0.25, 0.3) is 11.0 Å². The smallest absolute Gasteiger partial charge is 0.253 e. The molecule has 3 rings (SSSR count). The first-order valence-corrected chi connectivity index (χ1v) is 7.05. The molecule has 1 N–H and O–H groups in total. The molecule has 5 heteroatoms. The number of anilines is 1. The quantitative estimate of drug-likeness (QED) is 0.880. The van der Waals surface area contributed by atoms with E-state index in [1.165, 1.54) is 6.92 Å². The molecule has 0 aliphatic carbocycles. The van der Waals surface area contributed by atoms with E-state index >= 15 is 0 Å². The minimum Gasteiger partial charge on any atom is -0.451 e. The lowest BCUT2D eigenvalue weighted by atomic mass is 10.1. The Morgan fingerprint density at radius 2 is 2.00 bits per heavy atom. The van der Waals surface area contributed by atoms with E-state index in [1.807, 2.05) is 25.1 Å². The lowest BCUT2D eigenvalue weighted by Gasteiger charge is -2.11. The number of nitrogens with one attached hydrogen (secondary N) is 1. The van der Waals surface area contributed by atoms with Gasteiger partial charge in [0.15, 0.2) is 11.5 Å². The number of ether oxygens (including phenoxy) is 1. The second-order valence-corrected chi connectivity index (χ2v) is 5.36. The molecule has 1 amide bonds. The number of hydrogen-bond acceptors (Lipinski definition) is 4. The van der Waals surface area contributed by atoms with Gasteiger partial charge in [0.05, 0.1) is 11.8 Å². The number of fused-ring (bicyclic) bond motifs is 1. The van der Waals surface area contributed by atoms with Gasteiger partial charge in [-0.05, 0) is 31.9 Å². The zero-order chi connectivity index (χ0) is 15.0. The molecular weight excluding hydrogens is 270 g/mol.